The Morgan fingerprint density at radius 2 is 2.21 bits per heavy atom. The van der Waals surface area contributed by atoms with E-state index in [1.54, 1.807) is 19.1 Å². The second kappa shape index (κ2) is 4.74. The van der Waals surface area contributed by atoms with E-state index < -0.39 is 0 Å². The largest absolute Gasteiger partial charge is 0.493 e. The van der Waals surface area contributed by atoms with Crippen molar-refractivity contribution in [3.63, 3.8) is 0 Å². The van der Waals surface area contributed by atoms with Crippen LogP contribution < -0.4 is 4.74 Å². The van der Waals surface area contributed by atoms with Crippen LogP contribution in [-0.2, 0) is 11.2 Å². The number of aldehydes is 1. The molecule has 0 amide bonds. The smallest absolute Gasteiger partial charge is 0.168 e. The summed E-state index contributed by atoms with van der Waals surface area (Å²) in [6.07, 6.45) is 1.72. The van der Waals surface area contributed by atoms with Crippen molar-refractivity contribution in [2.45, 2.75) is 19.8 Å². The van der Waals surface area contributed by atoms with Crippen LogP contribution in [0.25, 0.3) is 0 Å². The van der Waals surface area contributed by atoms with Gasteiger partial charge < -0.3 is 9.53 Å². The number of halogens is 1. The minimum atomic E-state index is -0.337. The average molecular weight is 196 g/mol. The molecule has 0 aliphatic heterocycles. The predicted molar refractivity (Wildman–Crippen MR) is 52.1 cm³/mol. The van der Waals surface area contributed by atoms with E-state index in [0.717, 1.165) is 11.8 Å². The van der Waals surface area contributed by atoms with E-state index in [9.17, 15) is 9.18 Å². The second-order valence-electron chi connectivity index (χ2n) is 3.09. The predicted octanol–water partition coefficient (Wildman–Crippen LogP) is 2.27. The zero-order chi connectivity index (χ0) is 10.6. The van der Waals surface area contributed by atoms with Crippen LogP contribution in [0, 0.1) is 12.7 Å². The summed E-state index contributed by atoms with van der Waals surface area (Å²) in [6, 6.07) is 3.48. The van der Waals surface area contributed by atoms with E-state index in [2.05, 4.69) is 0 Å². The van der Waals surface area contributed by atoms with Crippen molar-refractivity contribution in [1.29, 1.82) is 0 Å². The van der Waals surface area contributed by atoms with Crippen LogP contribution in [0.2, 0.25) is 0 Å². The Balaban J connectivity index is 3.03. The van der Waals surface area contributed by atoms with Crippen molar-refractivity contribution in [3.05, 3.63) is 29.1 Å². The maximum Gasteiger partial charge on any atom is 0.168 e. The molecule has 0 spiro atoms. The number of hydrogen-bond acceptors (Lipinski definition) is 2. The second-order valence-corrected chi connectivity index (χ2v) is 3.09. The maximum atomic E-state index is 13.5. The molecule has 0 saturated carbocycles. The monoisotopic (exact) mass is 196 g/mol. The topological polar surface area (TPSA) is 26.3 Å². The van der Waals surface area contributed by atoms with Gasteiger partial charge in [0.1, 0.15) is 6.29 Å². The highest BCUT2D eigenvalue weighted by Crippen LogP contribution is 2.25. The van der Waals surface area contributed by atoms with Gasteiger partial charge in [0.2, 0.25) is 0 Å². The standard InChI is InChI=1S/C11H13FO2/c1-8-5-6-9(4-3-7-13)11(14-2)10(8)12/h5-7H,3-4H2,1-2H3. The summed E-state index contributed by atoms with van der Waals surface area (Å²) in [5.74, 6) is -0.0808. The molecule has 0 bridgehead atoms. The van der Waals surface area contributed by atoms with E-state index in [1.807, 2.05) is 0 Å². The normalized spacial score (nSPS) is 9.93. The van der Waals surface area contributed by atoms with Crippen LogP contribution in [0.3, 0.4) is 0 Å². The zero-order valence-electron chi connectivity index (χ0n) is 8.34. The van der Waals surface area contributed by atoms with Gasteiger partial charge in [-0.2, -0.15) is 0 Å². The van der Waals surface area contributed by atoms with Gasteiger partial charge in [0.05, 0.1) is 7.11 Å². The molecule has 0 N–H and O–H groups in total. The number of ether oxygens (including phenoxy) is 1. The summed E-state index contributed by atoms with van der Waals surface area (Å²) in [6.45, 7) is 1.68. The molecule has 76 valence electrons. The van der Waals surface area contributed by atoms with E-state index in [1.165, 1.54) is 7.11 Å². The molecule has 1 aromatic carbocycles. The number of aryl methyl sites for hydroxylation is 2. The fourth-order valence-electron chi connectivity index (χ4n) is 1.33. The lowest BCUT2D eigenvalue weighted by atomic mass is 10.1. The molecular formula is C11H13FO2. The first-order valence-corrected chi connectivity index (χ1v) is 4.46. The van der Waals surface area contributed by atoms with Crippen molar-refractivity contribution in [3.8, 4) is 5.75 Å². The molecule has 0 aliphatic rings. The molecule has 1 aromatic rings. The summed E-state index contributed by atoms with van der Waals surface area (Å²) >= 11 is 0. The van der Waals surface area contributed by atoms with Gasteiger partial charge in [0.15, 0.2) is 11.6 Å². The van der Waals surface area contributed by atoms with Crippen molar-refractivity contribution in [1.82, 2.24) is 0 Å². The van der Waals surface area contributed by atoms with Gasteiger partial charge in [-0.1, -0.05) is 12.1 Å². The number of rotatable bonds is 4. The minimum absolute atomic E-state index is 0.256. The average Bonchev–Trinajstić information content (AvgIpc) is 2.20. The minimum Gasteiger partial charge on any atom is -0.493 e. The molecule has 0 aliphatic carbocycles. The molecule has 0 saturated heterocycles. The Labute approximate surface area is 82.7 Å². The van der Waals surface area contributed by atoms with Crippen molar-refractivity contribution in [2.24, 2.45) is 0 Å². The first-order chi connectivity index (χ1) is 6.70. The van der Waals surface area contributed by atoms with Crippen molar-refractivity contribution in [2.75, 3.05) is 7.11 Å². The van der Waals surface area contributed by atoms with Gasteiger partial charge in [-0.25, -0.2) is 4.39 Å². The molecular weight excluding hydrogens is 183 g/mol. The van der Waals surface area contributed by atoms with E-state index >= 15 is 0 Å². The maximum absolute atomic E-state index is 13.5. The number of methoxy groups -OCH3 is 1. The third-order valence-electron chi connectivity index (χ3n) is 2.11. The SMILES string of the molecule is COc1c(CCC=O)ccc(C)c1F. The van der Waals surface area contributed by atoms with Crippen LogP contribution in [0.5, 0.6) is 5.75 Å². The Morgan fingerprint density at radius 3 is 2.79 bits per heavy atom. The lowest BCUT2D eigenvalue weighted by Crippen LogP contribution is -1.98. The molecule has 2 nitrogen and oxygen atoms in total. The fraction of sp³-hybridized carbons (Fsp3) is 0.364. The Bertz CT molecular complexity index is 334. The number of benzene rings is 1. The first-order valence-electron chi connectivity index (χ1n) is 4.46. The van der Waals surface area contributed by atoms with Gasteiger partial charge in [-0.3, -0.25) is 0 Å². The number of hydrogen-bond donors (Lipinski definition) is 0. The van der Waals surface area contributed by atoms with Gasteiger partial charge in [0, 0.05) is 6.42 Å². The van der Waals surface area contributed by atoms with Gasteiger partial charge in [-0.05, 0) is 24.5 Å². The molecule has 0 unspecified atom stereocenters. The van der Waals surface area contributed by atoms with Crippen LogP contribution in [0.4, 0.5) is 4.39 Å². The highest BCUT2D eigenvalue weighted by molar-refractivity contribution is 5.51. The van der Waals surface area contributed by atoms with Gasteiger partial charge in [-0.15, -0.1) is 0 Å². The van der Waals surface area contributed by atoms with Crippen molar-refractivity contribution < 1.29 is 13.9 Å². The summed E-state index contributed by atoms with van der Waals surface area (Å²) in [5.41, 5.74) is 1.29. The Kier molecular flexibility index (Phi) is 3.63. The Hall–Kier alpha value is -1.38. The molecule has 14 heavy (non-hydrogen) atoms. The lowest BCUT2D eigenvalue weighted by Gasteiger charge is -2.09. The number of carbonyl (C=O) groups is 1. The molecule has 1 rings (SSSR count). The summed E-state index contributed by atoms with van der Waals surface area (Å²) < 4.78 is 18.4. The molecule has 3 heteroatoms. The third-order valence-corrected chi connectivity index (χ3v) is 2.11. The highest BCUT2D eigenvalue weighted by Gasteiger charge is 2.10. The molecule has 0 atom stereocenters. The van der Waals surface area contributed by atoms with Gasteiger partial charge >= 0.3 is 0 Å². The molecule has 0 aromatic heterocycles. The zero-order valence-corrected chi connectivity index (χ0v) is 8.34. The quantitative estimate of drug-likeness (QED) is 0.690. The summed E-state index contributed by atoms with van der Waals surface area (Å²) in [4.78, 5) is 10.2. The fourth-order valence-corrected chi connectivity index (χ4v) is 1.33. The lowest BCUT2D eigenvalue weighted by molar-refractivity contribution is -0.107. The van der Waals surface area contributed by atoms with E-state index in [-0.39, 0.29) is 11.6 Å². The van der Waals surface area contributed by atoms with E-state index in [4.69, 9.17) is 4.74 Å². The third kappa shape index (κ3) is 2.10. The summed E-state index contributed by atoms with van der Waals surface area (Å²) in [5, 5.41) is 0. The van der Waals surface area contributed by atoms with Crippen LogP contribution in [0.15, 0.2) is 12.1 Å². The molecule has 0 fully saturated rings. The highest BCUT2D eigenvalue weighted by atomic mass is 19.1. The first kappa shape index (κ1) is 10.7. The van der Waals surface area contributed by atoms with E-state index in [0.29, 0.717) is 18.4 Å². The van der Waals surface area contributed by atoms with Crippen LogP contribution >= 0.6 is 0 Å². The van der Waals surface area contributed by atoms with Crippen LogP contribution in [0.1, 0.15) is 17.5 Å². The summed E-state index contributed by atoms with van der Waals surface area (Å²) in [7, 11) is 1.43. The molecule has 0 heterocycles. The Morgan fingerprint density at radius 1 is 1.50 bits per heavy atom. The number of carbonyl (C=O) groups excluding carboxylic acids is 1. The molecule has 0 radical (unpaired) electrons. The van der Waals surface area contributed by atoms with Gasteiger partial charge in [0.25, 0.3) is 0 Å². The van der Waals surface area contributed by atoms with Crippen molar-refractivity contribution >= 4 is 6.29 Å². The van der Waals surface area contributed by atoms with Crippen LogP contribution in [-0.4, -0.2) is 13.4 Å².